The summed E-state index contributed by atoms with van der Waals surface area (Å²) in [7, 11) is -1.40. The van der Waals surface area contributed by atoms with Gasteiger partial charge in [0.25, 0.3) is 0 Å². The van der Waals surface area contributed by atoms with Gasteiger partial charge in [-0.2, -0.15) is 0 Å². The van der Waals surface area contributed by atoms with E-state index in [1.807, 2.05) is 25.1 Å². The summed E-state index contributed by atoms with van der Waals surface area (Å²) in [4.78, 5) is 0. The van der Waals surface area contributed by atoms with E-state index in [1.165, 1.54) is 5.56 Å². The third-order valence-corrected chi connectivity index (χ3v) is 3.69. The first-order valence-electron chi connectivity index (χ1n) is 3.56. The maximum Gasteiger partial charge on any atom is 0.307 e. The van der Waals surface area contributed by atoms with E-state index in [0.29, 0.717) is 0 Å². The van der Waals surface area contributed by atoms with Crippen molar-refractivity contribution in [2.24, 2.45) is 0 Å². The van der Waals surface area contributed by atoms with Gasteiger partial charge in [-0.25, -0.2) is 0 Å². The summed E-state index contributed by atoms with van der Waals surface area (Å²) in [5.41, 5.74) is 2.22. The summed E-state index contributed by atoms with van der Waals surface area (Å²) in [5.74, 6) is 0. The summed E-state index contributed by atoms with van der Waals surface area (Å²) in [6.07, 6.45) is 1.78. The van der Waals surface area contributed by atoms with E-state index in [9.17, 15) is 0 Å². The minimum atomic E-state index is -1.40. The zero-order valence-electron chi connectivity index (χ0n) is 6.77. The standard InChI is InChI=1S/C9H9Cl2Si/c1-3-8-5-4-7(2)6-9(8)12(10)11/h3-6H,1H2,2H3. The van der Waals surface area contributed by atoms with Gasteiger partial charge in [0.1, 0.15) is 0 Å². The molecule has 12 heavy (non-hydrogen) atoms. The van der Waals surface area contributed by atoms with E-state index in [4.69, 9.17) is 22.2 Å². The number of benzene rings is 1. The number of hydrogen-bond acceptors (Lipinski definition) is 0. The molecule has 0 aliphatic heterocycles. The minimum absolute atomic E-state index is 1.03. The van der Waals surface area contributed by atoms with Crippen molar-refractivity contribution in [3.8, 4) is 0 Å². The molecule has 0 saturated carbocycles. The number of aryl methyl sites for hydroxylation is 1. The van der Waals surface area contributed by atoms with Crippen molar-refractivity contribution in [2.45, 2.75) is 6.92 Å². The second-order valence-electron chi connectivity index (χ2n) is 2.56. The fourth-order valence-electron chi connectivity index (χ4n) is 1.01. The van der Waals surface area contributed by atoms with E-state index in [0.717, 1.165) is 10.8 Å². The smallest absolute Gasteiger partial charge is 0.140 e. The van der Waals surface area contributed by atoms with Gasteiger partial charge in [-0.15, -0.1) is 22.2 Å². The van der Waals surface area contributed by atoms with Gasteiger partial charge in [0, 0.05) is 0 Å². The van der Waals surface area contributed by atoms with Crippen LogP contribution in [0.4, 0.5) is 0 Å². The summed E-state index contributed by atoms with van der Waals surface area (Å²) >= 11 is 11.8. The summed E-state index contributed by atoms with van der Waals surface area (Å²) < 4.78 is 0. The molecular weight excluding hydrogens is 207 g/mol. The van der Waals surface area contributed by atoms with Gasteiger partial charge >= 0.3 is 7.42 Å². The van der Waals surface area contributed by atoms with E-state index < -0.39 is 7.42 Å². The molecule has 0 fully saturated rings. The molecule has 3 heteroatoms. The van der Waals surface area contributed by atoms with E-state index in [-0.39, 0.29) is 0 Å². The Hall–Kier alpha value is -0.243. The number of halogens is 2. The van der Waals surface area contributed by atoms with Crippen molar-refractivity contribution >= 4 is 40.8 Å². The highest BCUT2D eigenvalue weighted by Crippen LogP contribution is 2.07. The molecule has 0 aromatic heterocycles. The normalized spacial score (nSPS) is 10.3. The number of hydrogen-bond donors (Lipinski definition) is 0. The molecule has 0 atom stereocenters. The lowest BCUT2D eigenvalue weighted by atomic mass is 10.1. The second-order valence-corrected chi connectivity index (χ2v) is 6.46. The van der Waals surface area contributed by atoms with E-state index in [2.05, 4.69) is 6.58 Å². The molecule has 0 saturated heterocycles. The lowest BCUT2D eigenvalue weighted by molar-refractivity contribution is 1.49. The van der Waals surface area contributed by atoms with Crippen LogP contribution in [0, 0.1) is 6.92 Å². The van der Waals surface area contributed by atoms with Crippen LogP contribution in [0.1, 0.15) is 11.1 Å². The van der Waals surface area contributed by atoms with Crippen LogP contribution >= 0.6 is 22.2 Å². The Bertz CT molecular complexity index is 295. The highest BCUT2D eigenvalue weighted by Gasteiger charge is 2.10. The van der Waals surface area contributed by atoms with Crippen molar-refractivity contribution in [2.75, 3.05) is 0 Å². The van der Waals surface area contributed by atoms with Crippen LogP contribution in [0.15, 0.2) is 24.8 Å². The monoisotopic (exact) mass is 215 g/mol. The highest BCUT2D eigenvalue weighted by atomic mass is 35.7. The SMILES string of the molecule is C=Cc1ccc(C)cc1[Si](Cl)Cl. The predicted molar refractivity (Wildman–Crippen MR) is 58.4 cm³/mol. The molecule has 1 aromatic carbocycles. The average Bonchev–Trinajstić information content (AvgIpc) is 2.04. The Morgan fingerprint density at radius 1 is 1.42 bits per heavy atom. The largest absolute Gasteiger partial charge is 0.307 e. The van der Waals surface area contributed by atoms with E-state index in [1.54, 1.807) is 6.08 Å². The fourth-order valence-corrected chi connectivity index (χ4v) is 2.73. The second kappa shape index (κ2) is 4.12. The minimum Gasteiger partial charge on any atom is -0.140 e. The average molecular weight is 216 g/mol. The molecule has 1 radical (unpaired) electrons. The Balaban J connectivity index is 3.21. The fraction of sp³-hybridized carbons (Fsp3) is 0.111. The topological polar surface area (TPSA) is 0 Å². The molecular formula is C9H9Cl2Si. The summed E-state index contributed by atoms with van der Waals surface area (Å²) in [5, 5.41) is 1.03. The summed E-state index contributed by atoms with van der Waals surface area (Å²) in [6.45, 7) is 5.73. The molecule has 0 spiro atoms. The maximum atomic E-state index is 5.88. The predicted octanol–water partition coefficient (Wildman–Crippen LogP) is 2.81. The first-order valence-corrected chi connectivity index (χ1v) is 7.09. The molecule has 0 unspecified atom stereocenters. The van der Waals surface area contributed by atoms with Crippen LogP contribution in [-0.2, 0) is 0 Å². The summed E-state index contributed by atoms with van der Waals surface area (Å²) in [6, 6.07) is 6.04. The van der Waals surface area contributed by atoms with Gasteiger partial charge in [0.05, 0.1) is 0 Å². The molecule has 0 aliphatic carbocycles. The first kappa shape index (κ1) is 9.84. The lowest BCUT2D eigenvalue weighted by Crippen LogP contribution is -2.21. The quantitative estimate of drug-likeness (QED) is 0.526. The third kappa shape index (κ3) is 2.13. The molecule has 0 N–H and O–H groups in total. The molecule has 0 bridgehead atoms. The zero-order valence-corrected chi connectivity index (χ0v) is 9.28. The molecule has 0 nitrogen and oxygen atoms in total. The molecule has 0 amide bonds. The van der Waals surface area contributed by atoms with Crippen molar-refractivity contribution in [3.05, 3.63) is 35.9 Å². The third-order valence-electron chi connectivity index (χ3n) is 1.63. The molecule has 0 heterocycles. The molecule has 1 aromatic rings. The van der Waals surface area contributed by atoms with Gasteiger partial charge in [0.2, 0.25) is 0 Å². The van der Waals surface area contributed by atoms with Gasteiger partial charge in [-0.3, -0.25) is 0 Å². The van der Waals surface area contributed by atoms with Crippen molar-refractivity contribution in [1.82, 2.24) is 0 Å². The first-order chi connectivity index (χ1) is 5.65. The van der Waals surface area contributed by atoms with Crippen molar-refractivity contribution in [3.63, 3.8) is 0 Å². The maximum absolute atomic E-state index is 5.88. The molecule has 1 rings (SSSR count). The van der Waals surface area contributed by atoms with Gasteiger partial charge in [0.15, 0.2) is 0 Å². The number of rotatable bonds is 2. The van der Waals surface area contributed by atoms with E-state index >= 15 is 0 Å². The Kier molecular flexibility index (Phi) is 3.38. The van der Waals surface area contributed by atoms with Gasteiger partial charge in [-0.1, -0.05) is 36.4 Å². The highest BCUT2D eigenvalue weighted by molar-refractivity contribution is 7.39. The molecule has 0 aliphatic rings. The van der Waals surface area contributed by atoms with Crippen LogP contribution < -0.4 is 5.19 Å². The molecule has 63 valence electrons. The van der Waals surface area contributed by atoms with Crippen molar-refractivity contribution in [1.29, 1.82) is 0 Å². The van der Waals surface area contributed by atoms with Crippen LogP contribution in [0.25, 0.3) is 6.08 Å². The Morgan fingerprint density at radius 2 is 2.08 bits per heavy atom. The Labute approximate surface area is 83.8 Å². The lowest BCUT2D eigenvalue weighted by Gasteiger charge is -2.05. The van der Waals surface area contributed by atoms with Crippen LogP contribution in [-0.4, -0.2) is 7.42 Å². The van der Waals surface area contributed by atoms with Crippen LogP contribution in [0.2, 0.25) is 0 Å². The van der Waals surface area contributed by atoms with Gasteiger partial charge in [-0.05, 0) is 17.7 Å². The zero-order chi connectivity index (χ0) is 9.14. The van der Waals surface area contributed by atoms with Gasteiger partial charge < -0.3 is 0 Å². The van der Waals surface area contributed by atoms with Crippen LogP contribution in [0.5, 0.6) is 0 Å². The Morgan fingerprint density at radius 3 is 2.58 bits per heavy atom. The van der Waals surface area contributed by atoms with Crippen LogP contribution in [0.3, 0.4) is 0 Å². The van der Waals surface area contributed by atoms with Crippen molar-refractivity contribution < 1.29 is 0 Å².